The monoisotopic (exact) mass is 1070 g/mol. The first-order chi connectivity index (χ1) is 32.8. The molecule has 4 aromatic heterocycles. The molecular weight excluding hydrogens is 1020 g/mol. The van der Waals surface area contributed by atoms with Crippen molar-refractivity contribution < 1.29 is 35.8 Å². The number of hydrogen-bond acceptors (Lipinski definition) is 13. The van der Waals surface area contributed by atoms with Crippen LogP contribution in [0, 0.1) is 43.4 Å². The lowest BCUT2D eigenvalue weighted by atomic mass is 9.82. The van der Waals surface area contributed by atoms with E-state index in [1.165, 1.54) is 18.9 Å². The summed E-state index contributed by atoms with van der Waals surface area (Å²) in [5.41, 5.74) is 8.15. The van der Waals surface area contributed by atoms with Gasteiger partial charge in [0, 0.05) is 62.2 Å². The van der Waals surface area contributed by atoms with E-state index in [0.717, 1.165) is 66.7 Å². The zero-order chi connectivity index (χ0) is 49.0. The Kier molecular flexibility index (Phi) is 15.5. The maximum atomic E-state index is 13.2. The summed E-state index contributed by atoms with van der Waals surface area (Å²) in [4.78, 5) is 29.8. The number of aromatic nitrogens is 10. The van der Waals surface area contributed by atoms with Gasteiger partial charge in [0.25, 0.3) is 0 Å². The highest BCUT2D eigenvalue weighted by atomic mass is 79.9. The molecule has 2 N–H and O–H groups in total. The van der Waals surface area contributed by atoms with E-state index in [9.17, 15) is 26.3 Å². The van der Waals surface area contributed by atoms with Crippen molar-refractivity contribution in [2.24, 2.45) is 35.3 Å². The Hall–Kier alpha value is -5.32. The number of benzene rings is 2. The number of halogens is 9. The molecule has 10 rings (SSSR count). The molecule has 2 aliphatic heterocycles. The average molecular weight is 1070 g/mol. The largest absolute Gasteiger partial charge is 0.423 e. The predicted octanol–water partition coefficient (Wildman–Crippen LogP) is 10.1. The van der Waals surface area contributed by atoms with E-state index >= 15 is 0 Å². The van der Waals surface area contributed by atoms with Gasteiger partial charge in [-0.25, -0.2) is 29.3 Å². The Morgan fingerprint density at radius 1 is 0.638 bits per heavy atom. The van der Waals surface area contributed by atoms with Crippen LogP contribution in [0.25, 0.3) is 0 Å². The van der Waals surface area contributed by atoms with Gasteiger partial charge in [-0.2, -0.15) is 41.4 Å². The molecule has 4 bridgehead atoms. The molecule has 2 saturated carbocycles. The van der Waals surface area contributed by atoms with Gasteiger partial charge in [-0.05, 0) is 109 Å². The number of hydrogen-bond donors (Lipinski definition) is 1. The summed E-state index contributed by atoms with van der Waals surface area (Å²) in [6.07, 6.45) is -0.425. The summed E-state index contributed by atoms with van der Waals surface area (Å²) in [5.74, 6) is 5.21. The van der Waals surface area contributed by atoms with Crippen LogP contribution in [0.1, 0.15) is 42.9 Å². The van der Waals surface area contributed by atoms with E-state index in [2.05, 4.69) is 71.9 Å². The number of nitrogens with zero attached hydrogens (tertiary/aromatic N) is 12. The van der Waals surface area contributed by atoms with Crippen molar-refractivity contribution in [2.75, 3.05) is 36.0 Å². The molecule has 368 valence electrons. The number of rotatable bonds is 10. The Morgan fingerprint density at radius 2 is 1.07 bits per heavy atom. The van der Waals surface area contributed by atoms with Crippen LogP contribution in [0.3, 0.4) is 0 Å². The van der Waals surface area contributed by atoms with Crippen LogP contribution in [0.5, 0.6) is 23.5 Å². The summed E-state index contributed by atoms with van der Waals surface area (Å²) in [5, 5.41) is 8.29. The lowest BCUT2D eigenvalue weighted by molar-refractivity contribution is -0.144. The number of ether oxygens (including phenoxy) is 2. The lowest BCUT2D eigenvalue weighted by Gasteiger charge is -2.38. The second kappa shape index (κ2) is 21.4. The zero-order valence-corrected chi connectivity index (χ0v) is 40.4. The topological polar surface area (TPSA) is 164 Å². The highest BCUT2D eigenvalue weighted by Gasteiger charge is 2.44. The summed E-state index contributed by atoms with van der Waals surface area (Å²) in [7, 11) is 0. The molecule has 6 aromatic rings. The van der Waals surface area contributed by atoms with E-state index < -0.39 is 25.4 Å². The Labute approximate surface area is 411 Å². The van der Waals surface area contributed by atoms with E-state index in [4.69, 9.17) is 38.4 Å². The second-order valence-electron chi connectivity index (χ2n) is 17.6. The third-order valence-electron chi connectivity index (χ3n) is 12.6. The van der Waals surface area contributed by atoms with Crippen LogP contribution in [-0.2, 0) is 19.5 Å². The maximum Gasteiger partial charge on any atom is 0.408 e. The number of alkyl halides is 6. The number of anilines is 2. The van der Waals surface area contributed by atoms with Gasteiger partial charge in [-0.15, -0.1) is 5.10 Å². The van der Waals surface area contributed by atoms with Crippen molar-refractivity contribution in [3.05, 3.63) is 105 Å². The normalized spacial score (nSPS) is 21.9. The Morgan fingerprint density at radius 3 is 1.54 bits per heavy atom. The summed E-state index contributed by atoms with van der Waals surface area (Å²) in [6, 6.07) is 16.9. The van der Waals surface area contributed by atoms with Crippen LogP contribution in [-0.4, -0.2) is 94.0 Å². The van der Waals surface area contributed by atoms with E-state index in [1.807, 2.05) is 19.9 Å². The minimum absolute atomic E-state index is 0.00111. The molecule has 2 saturated heterocycles. The summed E-state index contributed by atoms with van der Waals surface area (Å²) < 4.78 is 88.9. The minimum Gasteiger partial charge on any atom is -0.423 e. The fourth-order valence-electron chi connectivity index (χ4n) is 9.45. The smallest absolute Gasteiger partial charge is 0.408 e. The third kappa shape index (κ3) is 13.1. The maximum absolute atomic E-state index is 13.2. The molecular formula is C45H48BrCl2F6N13O2. The van der Waals surface area contributed by atoms with Crippen molar-refractivity contribution >= 4 is 50.8 Å². The fraction of sp³-hybridized carbons (Fsp3) is 0.467. The highest BCUT2D eigenvalue weighted by molar-refractivity contribution is 9.10. The first kappa shape index (κ1) is 50.1. The number of piperidine rings is 2. The highest BCUT2D eigenvalue weighted by Crippen LogP contribution is 2.45. The quantitative estimate of drug-likeness (QED) is 0.129. The molecule has 0 spiro atoms. The molecule has 6 heterocycles. The summed E-state index contributed by atoms with van der Waals surface area (Å²) in [6.45, 7) is 5.20. The van der Waals surface area contributed by atoms with E-state index in [-0.39, 0.29) is 38.3 Å². The van der Waals surface area contributed by atoms with Crippen LogP contribution in [0.2, 0.25) is 10.0 Å². The Bertz CT molecular complexity index is 2670. The SMILES string of the molecule is Cc1cc(N2CC3CCC(C2)C3Cc2nc(Oc3ccccc3Cl)n(CC(F)(F)F)n2)ncn1.Cc1cc(N2CC3CCC(C2)C3N)ncn1.FC(F)(F)Cn1nc(Br)nc1Oc1ccccc1Cl. The Balaban J connectivity index is 0.000000154. The molecule has 24 heteroatoms. The van der Waals surface area contributed by atoms with Crippen LogP contribution in [0.4, 0.5) is 38.0 Å². The van der Waals surface area contributed by atoms with Gasteiger partial charge in [0.1, 0.15) is 48.9 Å². The molecule has 69 heavy (non-hydrogen) atoms. The first-order valence-electron chi connectivity index (χ1n) is 22.2. The molecule has 4 unspecified atom stereocenters. The third-order valence-corrected chi connectivity index (χ3v) is 13.6. The van der Waals surface area contributed by atoms with E-state index in [1.54, 1.807) is 55.1 Å². The predicted molar refractivity (Wildman–Crippen MR) is 248 cm³/mol. The first-order valence-corrected chi connectivity index (χ1v) is 23.7. The molecule has 2 aliphatic carbocycles. The van der Waals surface area contributed by atoms with Gasteiger partial charge in [-0.3, -0.25) is 0 Å². The molecule has 4 aliphatic rings. The number of fused-ring (bicyclic) bond motifs is 4. The van der Waals surface area contributed by atoms with Crippen LogP contribution < -0.4 is 25.0 Å². The molecule has 4 fully saturated rings. The van der Waals surface area contributed by atoms with Crippen molar-refractivity contribution in [3.63, 3.8) is 0 Å². The summed E-state index contributed by atoms with van der Waals surface area (Å²) >= 11 is 14.9. The molecule has 0 amide bonds. The number of para-hydroxylation sites is 2. The lowest BCUT2D eigenvalue weighted by Crippen LogP contribution is -2.49. The minimum atomic E-state index is -4.45. The standard InChI is InChI=1S/C23H24ClF3N6O.C12H18N4.C10H6BrClF3N3O/c1-14-8-21(29-13-28-14)32-10-15-6-7-16(11-32)17(15)9-20-30-22(33(31-20)12-23(25,26)27)34-19-5-3-2-4-18(19)24;1-8-4-11(15-7-14-8)16-5-9-2-3-10(6-16)12(9)13;11-8-16-9(18(17-8)5-10(13,14)15)19-7-4-2-1-3-6(7)12/h2-5,8,13,15-17H,6-7,9-12H2,1H3;4,7,9-10,12H,2-3,5-6,13H2,1H3;1-4H,5H2. The molecule has 15 nitrogen and oxygen atoms in total. The molecule has 0 radical (unpaired) electrons. The van der Waals surface area contributed by atoms with Gasteiger partial charge in [0.2, 0.25) is 4.73 Å². The van der Waals surface area contributed by atoms with Crippen molar-refractivity contribution in [1.29, 1.82) is 0 Å². The van der Waals surface area contributed by atoms with Gasteiger partial charge in [0.15, 0.2) is 5.82 Å². The number of aryl methyl sites for hydroxylation is 2. The second-order valence-corrected chi connectivity index (χ2v) is 19.1. The van der Waals surface area contributed by atoms with E-state index in [0.29, 0.717) is 52.6 Å². The van der Waals surface area contributed by atoms with Crippen molar-refractivity contribution in [2.45, 2.75) is 77.4 Å². The number of nitrogens with two attached hydrogens (primary N) is 1. The van der Waals surface area contributed by atoms with Gasteiger partial charge in [0.05, 0.1) is 10.0 Å². The zero-order valence-electron chi connectivity index (χ0n) is 37.3. The fourth-order valence-corrected chi connectivity index (χ4v) is 10.1. The van der Waals surface area contributed by atoms with Crippen molar-refractivity contribution in [1.82, 2.24) is 49.5 Å². The average Bonchev–Trinajstić information content (AvgIpc) is 3.93. The van der Waals surface area contributed by atoms with Crippen LogP contribution in [0.15, 0.2) is 78.1 Å². The van der Waals surface area contributed by atoms with Gasteiger partial charge >= 0.3 is 24.4 Å². The van der Waals surface area contributed by atoms with Crippen molar-refractivity contribution in [3.8, 4) is 23.5 Å². The van der Waals surface area contributed by atoms with Gasteiger partial charge in [-0.1, -0.05) is 47.5 Å². The van der Waals surface area contributed by atoms with Gasteiger partial charge < -0.3 is 25.0 Å². The van der Waals surface area contributed by atoms with Crippen LogP contribution >= 0.6 is 39.1 Å². The molecule has 4 atom stereocenters. The molecule has 2 aromatic carbocycles.